The smallest absolute Gasteiger partial charge is 0.317 e. The molecule has 0 bridgehead atoms. The van der Waals surface area contributed by atoms with Gasteiger partial charge in [-0.05, 0) is 19.9 Å². The molecular weight excluding hydrogens is 292 g/mol. The van der Waals surface area contributed by atoms with Gasteiger partial charge in [0.25, 0.3) is 0 Å². The molecule has 0 rings (SSSR count). The molecule has 5 nitrogen and oxygen atoms in total. The Hall–Kier alpha value is -1.10. The van der Waals surface area contributed by atoms with E-state index in [1.165, 1.54) is 44.9 Å². The first-order chi connectivity index (χ1) is 11.1. The van der Waals surface area contributed by atoms with Gasteiger partial charge in [-0.2, -0.15) is 0 Å². The highest BCUT2D eigenvalue weighted by Gasteiger charge is 2.04. The lowest BCUT2D eigenvalue weighted by atomic mass is 10.1. The van der Waals surface area contributed by atoms with Gasteiger partial charge in [-0.15, -0.1) is 0 Å². The number of hydrogen-bond donors (Lipinski definition) is 2. The zero-order valence-corrected chi connectivity index (χ0v) is 15.1. The largest absolute Gasteiger partial charge is 0.480 e. The number of amides is 1. The Balaban J connectivity index is 3.29. The molecule has 0 radical (unpaired) electrons. The van der Waals surface area contributed by atoms with Crippen LogP contribution in [0.2, 0.25) is 0 Å². The molecule has 1 amide bonds. The maximum absolute atomic E-state index is 11.7. The van der Waals surface area contributed by atoms with E-state index in [4.69, 9.17) is 5.11 Å². The summed E-state index contributed by atoms with van der Waals surface area (Å²) in [6.45, 7) is 3.59. The van der Waals surface area contributed by atoms with Gasteiger partial charge in [0.1, 0.15) is 0 Å². The fraction of sp³-hybridized carbons (Fsp3) is 0.889. The Kier molecular flexibility index (Phi) is 15.0. The van der Waals surface area contributed by atoms with E-state index in [0.717, 1.165) is 19.3 Å². The summed E-state index contributed by atoms with van der Waals surface area (Å²) >= 11 is 0. The zero-order valence-electron chi connectivity index (χ0n) is 15.1. The van der Waals surface area contributed by atoms with E-state index in [0.29, 0.717) is 19.5 Å². The van der Waals surface area contributed by atoms with E-state index in [2.05, 4.69) is 12.2 Å². The summed E-state index contributed by atoms with van der Waals surface area (Å²) in [5.74, 6) is -0.698. The van der Waals surface area contributed by atoms with Crippen molar-refractivity contribution in [3.63, 3.8) is 0 Å². The number of carboxylic acids is 1. The van der Waals surface area contributed by atoms with Crippen LogP contribution in [0, 0.1) is 0 Å². The van der Waals surface area contributed by atoms with Gasteiger partial charge in [0.15, 0.2) is 0 Å². The molecule has 0 saturated heterocycles. The molecule has 0 heterocycles. The first kappa shape index (κ1) is 21.9. The molecule has 23 heavy (non-hydrogen) atoms. The van der Waals surface area contributed by atoms with Gasteiger partial charge in [-0.25, -0.2) is 0 Å². The molecule has 0 aromatic carbocycles. The molecule has 0 aliphatic rings. The lowest BCUT2D eigenvalue weighted by molar-refractivity contribution is -0.138. The highest BCUT2D eigenvalue weighted by atomic mass is 16.4. The first-order valence-electron chi connectivity index (χ1n) is 9.23. The van der Waals surface area contributed by atoms with Gasteiger partial charge < -0.3 is 10.4 Å². The van der Waals surface area contributed by atoms with E-state index in [-0.39, 0.29) is 12.5 Å². The third-order valence-corrected chi connectivity index (χ3v) is 3.95. The van der Waals surface area contributed by atoms with Crippen molar-refractivity contribution < 1.29 is 14.7 Å². The van der Waals surface area contributed by atoms with E-state index in [1.54, 1.807) is 11.9 Å². The van der Waals surface area contributed by atoms with Crippen LogP contribution in [0.1, 0.15) is 77.6 Å². The summed E-state index contributed by atoms with van der Waals surface area (Å²) in [5, 5.41) is 11.5. The highest BCUT2D eigenvalue weighted by Crippen LogP contribution is 2.10. The zero-order chi connectivity index (χ0) is 17.3. The Labute approximate surface area is 141 Å². The average Bonchev–Trinajstić information content (AvgIpc) is 2.49. The van der Waals surface area contributed by atoms with Crippen molar-refractivity contribution in [1.82, 2.24) is 10.2 Å². The maximum atomic E-state index is 11.7. The molecule has 0 atom stereocenters. The summed E-state index contributed by atoms with van der Waals surface area (Å²) in [7, 11) is 1.78. The minimum atomic E-state index is -0.818. The Bertz CT molecular complexity index is 309. The van der Waals surface area contributed by atoms with Crippen LogP contribution in [0.15, 0.2) is 0 Å². The lowest BCUT2D eigenvalue weighted by Crippen LogP contribution is -2.30. The quantitative estimate of drug-likeness (QED) is 0.426. The fourth-order valence-electron chi connectivity index (χ4n) is 2.57. The number of aliphatic carboxylic acids is 1. The molecule has 5 heteroatoms. The molecule has 0 spiro atoms. The van der Waals surface area contributed by atoms with Gasteiger partial charge in [-0.1, -0.05) is 58.3 Å². The van der Waals surface area contributed by atoms with Gasteiger partial charge in [0, 0.05) is 19.5 Å². The molecular formula is C18H36N2O3. The molecule has 0 aliphatic carbocycles. The number of rotatable bonds is 16. The fourth-order valence-corrected chi connectivity index (χ4v) is 2.57. The minimum Gasteiger partial charge on any atom is -0.480 e. The van der Waals surface area contributed by atoms with Gasteiger partial charge in [-0.3, -0.25) is 14.5 Å². The van der Waals surface area contributed by atoms with Crippen LogP contribution in [0.3, 0.4) is 0 Å². The molecule has 2 N–H and O–H groups in total. The predicted molar refractivity (Wildman–Crippen MR) is 94.6 cm³/mol. The SMILES string of the molecule is CCCCCCCCCCCC(=O)NCCCN(C)CC(=O)O. The van der Waals surface area contributed by atoms with Crippen LogP contribution in [0.5, 0.6) is 0 Å². The van der Waals surface area contributed by atoms with Gasteiger partial charge in [0.2, 0.25) is 5.91 Å². The van der Waals surface area contributed by atoms with Crippen LogP contribution in [0.25, 0.3) is 0 Å². The minimum absolute atomic E-state index is 0.0480. The van der Waals surface area contributed by atoms with Crippen LogP contribution in [0.4, 0.5) is 0 Å². The van der Waals surface area contributed by atoms with Crippen molar-refractivity contribution in [2.75, 3.05) is 26.7 Å². The number of nitrogens with zero attached hydrogens (tertiary/aromatic N) is 1. The Morgan fingerprint density at radius 2 is 1.48 bits per heavy atom. The van der Waals surface area contributed by atoms with Crippen molar-refractivity contribution in [1.29, 1.82) is 0 Å². The molecule has 0 fully saturated rings. The van der Waals surface area contributed by atoms with Crippen molar-refractivity contribution in [2.45, 2.75) is 77.6 Å². The summed E-state index contributed by atoms with van der Waals surface area (Å²) in [5.41, 5.74) is 0. The van der Waals surface area contributed by atoms with Crippen molar-refractivity contribution in [2.24, 2.45) is 0 Å². The third kappa shape index (κ3) is 17.1. The van der Waals surface area contributed by atoms with Crippen molar-refractivity contribution >= 4 is 11.9 Å². The van der Waals surface area contributed by atoms with Gasteiger partial charge >= 0.3 is 5.97 Å². The summed E-state index contributed by atoms with van der Waals surface area (Å²) in [4.78, 5) is 23.9. The average molecular weight is 328 g/mol. The predicted octanol–water partition coefficient (Wildman–Crippen LogP) is 3.43. The van der Waals surface area contributed by atoms with E-state index < -0.39 is 5.97 Å². The van der Waals surface area contributed by atoms with Crippen LogP contribution >= 0.6 is 0 Å². The Morgan fingerprint density at radius 3 is 2.04 bits per heavy atom. The number of carboxylic acid groups (broad SMARTS) is 1. The first-order valence-corrected chi connectivity index (χ1v) is 9.23. The molecule has 0 aliphatic heterocycles. The lowest BCUT2D eigenvalue weighted by Gasteiger charge is -2.13. The molecule has 0 aromatic rings. The molecule has 0 unspecified atom stereocenters. The van der Waals surface area contributed by atoms with E-state index in [9.17, 15) is 9.59 Å². The monoisotopic (exact) mass is 328 g/mol. The number of hydrogen-bond acceptors (Lipinski definition) is 3. The van der Waals surface area contributed by atoms with Crippen LogP contribution in [-0.2, 0) is 9.59 Å². The van der Waals surface area contributed by atoms with Crippen molar-refractivity contribution in [3.05, 3.63) is 0 Å². The van der Waals surface area contributed by atoms with Crippen LogP contribution in [-0.4, -0.2) is 48.6 Å². The number of likely N-dealkylation sites (N-methyl/N-ethyl adjacent to an activating group) is 1. The second kappa shape index (κ2) is 15.8. The second-order valence-corrected chi connectivity index (χ2v) is 6.41. The normalized spacial score (nSPS) is 10.9. The number of carbonyl (C=O) groups is 2. The molecule has 0 saturated carbocycles. The standard InChI is InChI=1S/C18H36N2O3/c1-3-4-5-6-7-8-9-10-11-13-17(21)19-14-12-15-20(2)16-18(22)23/h3-16H2,1-2H3,(H,19,21)(H,22,23). The molecule has 0 aromatic heterocycles. The Morgan fingerprint density at radius 1 is 0.913 bits per heavy atom. The van der Waals surface area contributed by atoms with Crippen LogP contribution < -0.4 is 5.32 Å². The topological polar surface area (TPSA) is 69.6 Å². The number of unbranched alkanes of at least 4 members (excludes halogenated alkanes) is 8. The number of nitrogens with one attached hydrogen (secondary N) is 1. The third-order valence-electron chi connectivity index (χ3n) is 3.95. The van der Waals surface area contributed by atoms with E-state index >= 15 is 0 Å². The van der Waals surface area contributed by atoms with Gasteiger partial charge in [0.05, 0.1) is 6.54 Å². The molecule has 136 valence electrons. The van der Waals surface area contributed by atoms with Crippen molar-refractivity contribution in [3.8, 4) is 0 Å². The summed E-state index contributed by atoms with van der Waals surface area (Å²) < 4.78 is 0. The second-order valence-electron chi connectivity index (χ2n) is 6.41. The summed E-state index contributed by atoms with van der Waals surface area (Å²) in [6.07, 6.45) is 12.7. The highest BCUT2D eigenvalue weighted by molar-refractivity contribution is 5.75. The number of carbonyl (C=O) groups excluding carboxylic acids is 1. The summed E-state index contributed by atoms with van der Waals surface area (Å²) in [6, 6.07) is 0. The van der Waals surface area contributed by atoms with E-state index in [1.807, 2.05) is 0 Å². The maximum Gasteiger partial charge on any atom is 0.317 e.